The topological polar surface area (TPSA) is 61.7 Å². The first kappa shape index (κ1) is 10.0. The van der Waals surface area contributed by atoms with E-state index in [-0.39, 0.29) is 12.4 Å². The van der Waals surface area contributed by atoms with E-state index in [0.717, 1.165) is 0 Å². The highest BCUT2D eigenvalue weighted by Crippen LogP contribution is 2.13. The van der Waals surface area contributed by atoms with Crippen LogP contribution in [0.5, 0.6) is 5.75 Å². The third-order valence-corrected chi connectivity index (χ3v) is 1.09. The molecule has 3 N–H and O–H groups in total. The number of rotatable bonds is 2. The number of anilines is 1. The van der Waals surface area contributed by atoms with E-state index in [0.29, 0.717) is 11.4 Å². The molecule has 0 aliphatic heterocycles. The highest BCUT2D eigenvalue weighted by atomic mass is 35.5. The Bertz CT molecular complexity index is 178. The van der Waals surface area contributed by atoms with Gasteiger partial charge in [0, 0.05) is 0 Å². The first-order valence-electron chi connectivity index (χ1n) is 2.68. The summed E-state index contributed by atoms with van der Waals surface area (Å²) in [7, 11) is 0. The third kappa shape index (κ3) is 2.63. The highest BCUT2D eigenvalue weighted by molar-refractivity contribution is 5.85. The Balaban J connectivity index is 0.000001000. The lowest BCUT2D eigenvalue weighted by Gasteiger charge is -1.98. The molecule has 0 atom stereocenters. The Hall–Kier alpha value is -0.970. The predicted molar refractivity (Wildman–Crippen MR) is 42.4 cm³/mol. The minimum Gasteiger partial charge on any atom is -0.340 e. The van der Waals surface area contributed by atoms with Crippen molar-refractivity contribution < 1.29 is 15.4 Å². The Morgan fingerprint density at radius 3 is 2.09 bits per heavy atom. The number of benzene rings is 1. The normalized spacial score (nSPS) is 8.18. The molecule has 5 heteroatoms. The summed E-state index contributed by atoms with van der Waals surface area (Å²) in [5.74, 6) is 0.332. The van der Waals surface area contributed by atoms with Gasteiger partial charge in [-0.15, -0.1) is 12.4 Å². The van der Waals surface area contributed by atoms with Crippen LogP contribution >= 0.6 is 12.4 Å². The van der Waals surface area contributed by atoms with Gasteiger partial charge in [0.2, 0.25) is 0 Å². The van der Waals surface area contributed by atoms with Crippen molar-refractivity contribution in [1.82, 2.24) is 0 Å². The molecule has 0 aliphatic carbocycles. The minimum atomic E-state index is 0. The molecule has 0 saturated carbocycles. The Labute approximate surface area is 69.7 Å². The summed E-state index contributed by atoms with van der Waals surface area (Å²) < 4.78 is 0. The Morgan fingerprint density at radius 2 is 1.73 bits per heavy atom. The van der Waals surface area contributed by atoms with E-state index >= 15 is 0 Å². The molecular formula is C6H8ClNO3. The molecule has 0 aliphatic rings. The molecule has 1 rings (SSSR count). The molecule has 0 unspecified atom stereocenters. The molecule has 1 aromatic carbocycles. The van der Waals surface area contributed by atoms with Crippen molar-refractivity contribution >= 4 is 18.1 Å². The first-order chi connectivity index (χ1) is 4.86. The van der Waals surface area contributed by atoms with Crippen molar-refractivity contribution in [2.24, 2.45) is 0 Å². The van der Waals surface area contributed by atoms with Gasteiger partial charge in [-0.2, -0.15) is 0 Å². The van der Waals surface area contributed by atoms with Crippen LogP contribution in [0.25, 0.3) is 0 Å². The fraction of sp³-hybridized carbons (Fsp3) is 0. The SMILES string of the molecule is Cl.ONc1ccc(OO)cc1. The Morgan fingerprint density at radius 1 is 1.18 bits per heavy atom. The number of halogens is 1. The van der Waals surface area contributed by atoms with Gasteiger partial charge in [-0.1, -0.05) is 0 Å². The van der Waals surface area contributed by atoms with Gasteiger partial charge in [0.1, 0.15) is 0 Å². The van der Waals surface area contributed by atoms with Crippen LogP contribution in [0, 0.1) is 0 Å². The zero-order valence-electron chi connectivity index (χ0n) is 5.52. The molecule has 1 aromatic rings. The van der Waals surface area contributed by atoms with E-state index in [9.17, 15) is 0 Å². The van der Waals surface area contributed by atoms with Crippen LogP contribution in [0.4, 0.5) is 5.69 Å². The van der Waals surface area contributed by atoms with E-state index in [1.165, 1.54) is 12.1 Å². The lowest BCUT2D eigenvalue weighted by atomic mass is 10.3. The summed E-state index contributed by atoms with van der Waals surface area (Å²) >= 11 is 0. The average Bonchev–Trinajstić information content (AvgIpc) is 2.05. The average molecular weight is 178 g/mol. The molecule has 0 amide bonds. The fourth-order valence-electron chi connectivity index (χ4n) is 0.590. The predicted octanol–water partition coefficient (Wildman–Crippen LogP) is 1.76. The van der Waals surface area contributed by atoms with Crippen LogP contribution in [-0.2, 0) is 0 Å². The van der Waals surface area contributed by atoms with E-state index in [1.54, 1.807) is 12.1 Å². The van der Waals surface area contributed by atoms with Crippen LogP contribution in [0.2, 0.25) is 0 Å². The summed E-state index contributed by atoms with van der Waals surface area (Å²) in [4.78, 5) is 3.90. The molecule has 0 spiro atoms. The number of hydrogen-bond donors (Lipinski definition) is 3. The molecule has 0 aromatic heterocycles. The number of nitrogens with one attached hydrogen (secondary N) is 1. The van der Waals surface area contributed by atoms with Gasteiger partial charge in [0.15, 0.2) is 5.75 Å². The van der Waals surface area contributed by atoms with Crippen LogP contribution in [0.1, 0.15) is 0 Å². The van der Waals surface area contributed by atoms with Crippen molar-refractivity contribution in [2.75, 3.05) is 5.48 Å². The van der Waals surface area contributed by atoms with Crippen LogP contribution in [-0.4, -0.2) is 10.5 Å². The molecule has 0 bridgehead atoms. The zero-order chi connectivity index (χ0) is 7.40. The highest BCUT2D eigenvalue weighted by Gasteiger charge is 1.90. The maximum atomic E-state index is 8.35. The van der Waals surface area contributed by atoms with Gasteiger partial charge in [-0.25, -0.2) is 5.26 Å². The first-order valence-corrected chi connectivity index (χ1v) is 2.68. The zero-order valence-corrected chi connectivity index (χ0v) is 6.34. The molecule has 0 fully saturated rings. The van der Waals surface area contributed by atoms with Gasteiger partial charge >= 0.3 is 0 Å². The molecule has 62 valence electrons. The van der Waals surface area contributed by atoms with E-state index in [1.807, 2.05) is 5.48 Å². The summed E-state index contributed by atoms with van der Waals surface area (Å²) in [6.07, 6.45) is 0. The van der Waals surface area contributed by atoms with Crippen molar-refractivity contribution in [2.45, 2.75) is 0 Å². The minimum absolute atomic E-state index is 0. The smallest absolute Gasteiger partial charge is 0.165 e. The molecule has 0 radical (unpaired) electrons. The number of hydrogen-bond acceptors (Lipinski definition) is 4. The standard InChI is InChI=1S/C6H7NO3.ClH/c8-7-5-1-3-6(10-9)4-2-5;/h1-4,7-9H;1H. The fourth-order valence-corrected chi connectivity index (χ4v) is 0.590. The monoisotopic (exact) mass is 177 g/mol. The van der Waals surface area contributed by atoms with Crippen LogP contribution in [0.15, 0.2) is 24.3 Å². The lowest BCUT2D eigenvalue weighted by Crippen LogP contribution is -1.88. The summed E-state index contributed by atoms with van der Waals surface area (Å²) in [6.45, 7) is 0. The molecule has 11 heavy (non-hydrogen) atoms. The second-order valence-electron chi connectivity index (χ2n) is 1.73. The van der Waals surface area contributed by atoms with E-state index < -0.39 is 0 Å². The molecular weight excluding hydrogens is 170 g/mol. The van der Waals surface area contributed by atoms with Gasteiger partial charge in [0.05, 0.1) is 5.69 Å². The van der Waals surface area contributed by atoms with Crippen molar-refractivity contribution in [3.8, 4) is 5.75 Å². The third-order valence-electron chi connectivity index (χ3n) is 1.09. The lowest BCUT2D eigenvalue weighted by molar-refractivity contribution is -0.137. The molecule has 4 nitrogen and oxygen atoms in total. The second-order valence-corrected chi connectivity index (χ2v) is 1.73. The van der Waals surface area contributed by atoms with E-state index in [2.05, 4.69) is 4.89 Å². The van der Waals surface area contributed by atoms with Gasteiger partial charge in [-0.05, 0) is 24.3 Å². The van der Waals surface area contributed by atoms with Gasteiger partial charge < -0.3 is 4.89 Å². The summed E-state index contributed by atoms with van der Waals surface area (Å²) in [5.41, 5.74) is 2.48. The van der Waals surface area contributed by atoms with Crippen molar-refractivity contribution in [3.05, 3.63) is 24.3 Å². The molecule has 0 heterocycles. The maximum Gasteiger partial charge on any atom is 0.165 e. The Kier molecular flexibility index (Phi) is 4.36. The van der Waals surface area contributed by atoms with Gasteiger partial charge in [-0.3, -0.25) is 10.7 Å². The van der Waals surface area contributed by atoms with Crippen molar-refractivity contribution in [3.63, 3.8) is 0 Å². The second kappa shape index (κ2) is 4.79. The summed E-state index contributed by atoms with van der Waals surface area (Å²) in [6, 6.07) is 6.15. The largest absolute Gasteiger partial charge is 0.340 e. The van der Waals surface area contributed by atoms with Crippen LogP contribution < -0.4 is 10.4 Å². The molecule has 0 saturated heterocycles. The van der Waals surface area contributed by atoms with E-state index in [4.69, 9.17) is 10.5 Å². The van der Waals surface area contributed by atoms with Crippen LogP contribution in [0.3, 0.4) is 0 Å². The van der Waals surface area contributed by atoms with Gasteiger partial charge in [0.25, 0.3) is 0 Å². The quantitative estimate of drug-likeness (QED) is 0.476. The maximum absolute atomic E-state index is 8.35. The summed E-state index contributed by atoms with van der Waals surface area (Å²) in [5, 5.41) is 16.5. The van der Waals surface area contributed by atoms with Crippen molar-refractivity contribution in [1.29, 1.82) is 0 Å².